The van der Waals surface area contributed by atoms with E-state index in [4.69, 9.17) is 14.7 Å². The lowest BCUT2D eigenvalue weighted by atomic mass is 9.98. The Hall–Kier alpha value is -3.10. The number of hydroxylamine groups is 1. The molecule has 0 atom stereocenters. The van der Waals surface area contributed by atoms with Gasteiger partial charge in [-0.15, -0.1) is 0 Å². The molecule has 0 aromatic heterocycles. The van der Waals surface area contributed by atoms with Crippen molar-refractivity contribution in [1.29, 1.82) is 0 Å². The molecule has 1 saturated heterocycles. The molecule has 1 amide bonds. The maximum atomic E-state index is 13.4. The van der Waals surface area contributed by atoms with Crippen LogP contribution in [0.4, 0.5) is 17.6 Å². The first kappa shape index (κ1) is 24.0. The Morgan fingerprint density at radius 2 is 1.47 bits per heavy atom. The molecule has 2 aromatic rings. The van der Waals surface area contributed by atoms with Gasteiger partial charge in [-0.1, -0.05) is 0 Å². The minimum Gasteiger partial charge on any atom is -0.457 e. The normalized spacial score (nSPS) is 20.3. The van der Waals surface area contributed by atoms with Gasteiger partial charge in [0.15, 0.2) is 26.1 Å². The van der Waals surface area contributed by atoms with E-state index in [-0.39, 0.29) is 42.4 Å². The third-order valence-corrected chi connectivity index (χ3v) is 7.95. The summed E-state index contributed by atoms with van der Waals surface area (Å²) in [4.78, 5) is 12.1. The second kappa shape index (κ2) is 8.29. The largest absolute Gasteiger partial charge is 0.507 e. The highest BCUT2D eigenvalue weighted by atomic mass is 32.2. The molecule has 2 N–H and O–H groups in total. The molecule has 0 spiro atoms. The zero-order valence-electron chi connectivity index (χ0n) is 17.1. The minimum absolute atomic E-state index is 0.00291. The second-order valence-corrected chi connectivity index (χ2v) is 9.73. The van der Waals surface area contributed by atoms with Gasteiger partial charge in [-0.05, 0) is 49.2 Å². The Morgan fingerprint density at radius 3 is 2.06 bits per heavy atom. The molecule has 34 heavy (non-hydrogen) atoms. The lowest BCUT2D eigenvalue weighted by Gasteiger charge is -2.34. The Labute approximate surface area is 190 Å². The van der Waals surface area contributed by atoms with E-state index in [0.717, 1.165) is 18.2 Å². The Kier molecular flexibility index (Phi) is 5.86. The number of alkyl halides is 4. The number of sulfone groups is 1. The van der Waals surface area contributed by atoms with Gasteiger partial charge in [-0.25, -0.2) is 13.9 Å². The van der Waals surface area contributed by atoms with Crippen LogP contribution in [0, 0.1) is 0 Å². The van der Waals surface area contributed by atoms with Gasteiger partial charge in [-0.2, -0.15) is 17.6 Å². The summed E-state index contributed by atoms with van der Waals surface area (Å²) in [6.45, 7) is 0.00583. The predicted molar refractivity (Wildman–Crippen MR) is 104 cm³/mol. The highest BCUT2D eigenvalue weighted by Gasteiger charge is 2.66. The van der Waals surface area contributed by atoms with Crippen LogP contribution in [0.2, 0.25) is 0 Å². The molecular formula is C20H17F4NO8S. The summed E-state index contributed by atoms with van der Waals surface area (Å²) in [5.41, 5.74) is 1.41. The van der Waals surface area contributed by atoms with Gasteiger partial charge in [0.25, 0.3) is 5.91 Å². The van der Waals surface area contributed by atoms with Gasteiger partial charge < -0.3 is 18.9 Å². The predicted octanol–water partition coefficient (Wildman–Crippen LogP) is 3.26. The average Bonchev–Trinajstić information content (AvgIpc) is 2.80. The number of ether oxygens (including phenoxy) is 4. The van der Waals surface area contributed by atoms with Gasteiger partial charge in [-0.3, -0.25) is 10.0 Å². The van der Waals surface area contributed by atoms with E-state index in [1.807, 2.05) is 0 Å². The van der Waals surface area contributed by atoms with Crippen molar-refractivity contribution in [3.05, 3.63) is 42.5 Å². The van der Waals surface area contributed by atoms with Crippen LogP contribution >= 0.6 is 0 Å². The molecule has 2 aromatic carbocycles. The van der Waals surface area contributed by atoms with E-state index in [0.29, 0.717) is 0 Å². The van der Waals surface area contributed by atoms with E-state index in [1.165, 1.54) is 29.7 Å². The van der Waals surface area contributed by atoms with Crippen LogP contribution < -0.4 is 19.7 Å². The lowest BCUT2D eigenvalue weighted by molar-refractivity contribution is -0.391. The fourth-order valence-electron chi connectivity index (χ4n) is 3.58. The number of hydrogen-bond donors (Lipinski definition) is 2. The number of hydrogen-bond acceptors (Lipinski definition) is 8. The van der Waals surface area contributed by atoms with Crippen molar-refractivity contribution in [3.63, 3.8) is 0 Å². The summed E-state index contributed by atoms with van der Waals surface area (Å²) in [7, 11) is -4.26. The molecule has 2 heterocycles. The molecule has 2 aliphatic rings. The fraction of sp³-hybridized carbons (Fsp3) is 0.350. The highest BCUT2D eigenvalue weighted by Crippen LogP contribution is 2.48. The third-order valence-electron chi connectivity index (χ3n) is 5.43. The Balaban J connectivity index is 1.57. The van der Waals surface area contributed by atoms with E-state index >= 15 is 0 Å². The molecular weight excluding hydrogens is 490 g/mol. The minimum atomic E-state index is -4.89. The smallest absolute Gasteiger partial charge is 0.457 e. The van der Waals surface area contributed by atoms with E-state index in [1.54, 1.807) is 0 Å². The molecule has 4 rings (SSSR count). The number of benzene rings is 2. The van der Waals surface area contributed by atoms with Crippen molar-refractivity contribution < 1.29 is 54.9 Å². The zero-order chi connectivity index (χ0) is 24.8. The molecule has 2 aliphatic heterocycles. The van der Waals surface area contributed by atoms with Gasteiger partial charge in [0, 0.05) is 19.3 Å². The van der Waals surface area contributed by atoms with Crippen LogP contribution in [0.3, 0.4) is 0 Å². The highest BCUT2D eigenvalue weighted by molar-refractivity contribution is 7.93. The van der Waals surface area contributed by atoms with Crippen molar-refractivity contribution >= 4 is 15.7 Å². The first-order valence-corrected chi connectivity index (χ1v) is 11.2. The van der Waals surface area contributed by atoms with Crippen LogP contribution in [0.15, 0.2) is 47.4 Å². The Bertz CT molecular complexity index is 1200. The summed E-state index contributed by atoms with van der Waals surface area (Å²) in [5.74, 6) is -2.38. The molecule has 0 bridgehead atoms. The molecule has 9 nitrogen and oxygen atoms in total. The third kappa shape index (κ3) is 3.91. The van der Waals surface area contributed by atoms with Crippen LogP contribution in [-0.4, -0.2) is 49.7 Å². The fourth-order valence-corrected chi connectivity index (χ4v) is 5.52. The van der Waals surface area contributed by atoms with E-state index in [9.17, 15) is 30.8 Å². The molecule has 0 aliphatic carbocycles. The zero-order valence-corrected chi connectivity index (χ0v) is 17.9. The van der Waals surface area contributed by atoms with Crippen LogP contribution in [0.25, 0.3) is 0 Å². The molecule has 0 radical (unpaired) electrons. The monoisotopic (exact) mass is 507 g/mol. The van der Waals surface area contributed by atoms with Crippen molar-refractivity contribution in [2.24, 2.45) is 0 Å². The van der Waals surface area contributed by atoms with Crippen molar-refractivity contribution in [2.75, 3.05) is 13.2 Å². The number of nitrogens with one attached hydrogen (secondary N) is 1. The molecule has 0 unspecified atom stereocenters. The molecule has 184 valence electrons. The topological polar surface area (TPSA) is 120 Å². The summed E-state index contributed by atoms with van der Waals surface area (Å²) in [6, 6.07) is 7.85. The number of amides is 1. The summed E-state index contributed by atoms with van der Waals surface area (Å²) < 4.78 is 96.5. The average molecular weight is 507 g/mol. The lowest BCUT2D eigenvalue weighted by Crippen LogP contribution is -2.54. The summed E-state index contributed by atoms with van der Waals surface area (Å²) in [5, 5.41) is 9.08. The maximum absolute atomic E-state index is 13.4. The van der Waals surface area contributed by atoms with Crippen LogP contribution in [0.5, 0.6) is 23.0 Å². The second-order valence-electron chi connectivity index (χ2n) is 7.47. The van der Waals surface area contributed by atoms with Gasteiger partial charge >= 0.3 is 12.2 Å². The standard InChI is InChI=1S/C20H17F4NO8S/c21-19(22)20(23,24)33-16-11-13(3-6-15(16)32-19)31-12-1-4-14(5-2-12)34(28,29)18(17(26)25-27)7-9-30-10-8-18/h1-6,11,27H,7-10H2,(H,25,26). The molecule has 14 heteroatoms. The number of halogens is 4. The maximum Gasteiger partial charge on any atom is 0.507 e. The number of rotatable bonds is 5. The van der Waals surface area contributed by atoms with Crippen molar-refractivity contribution in [1.82, 2.24) is 5.48 Å². The van der Waals surface area contributed by atoms with E-state index < -0.39 is 44.2 Å². The number of carbonyl (C=O) groups excluding carboxylic acids is 1. The van der Waals surface area contributed by atoms with Crippen molar-refractivity contribution in [3.8, 4) is 23.0 Å². The van der Waals surface area contributed by atoms with E-state index in [2.05, 4.69) is 9.47 Å². The van der Waals surface area contributed by atoms with Crippen LogP contribution in [0.1, 0.15) is 12.8 Å². The number of fused-ring (bicyclic) bond motifs is 1. The SMILES string of the molecule is O=C(NO)C1(S(=O)(=O)c2ccc(Oc3ccc4c(c3)OC(F)(F)C(F)(F)O4)cc2)CCOCC1. The quantitative estimate of drug-likeness (QED) is 0.360. The molecule has 0 saturated carbocycles. The van der Waals surface area contributed by atoms with Gasteiger partial charge in [0.2, 0.25) is 0 Å². The first-order valence-electron chi connectivity index (χ1n) is 9.74. The van der Waals surface area contributed by atoms with Crippen LogP contribution in [-0.2, 0) is 19.4 Å². The summed E-state index contributed by atoms with van der Waals surface area (Å²) >= 11 is 0. The van der Waals surface area contributed by atoms with Gasteiger partial charge in [0.1, 0.15) is 11.5 Å². The Morgan fingerprint density at radius 1 is 0.912 bits per heavy atom. The number of carbonyl (C=O) groups is 1. The van der Waals surface area contributed by atoms with Crippen molar-refractivity contribution in [2.45, 2.75) is 34.7 Å². The first-order chi connectivity index (χ1) is 15.9. The molecule has 1 fully saturated rings. The van der Waals surface area contributed by atoms with Gasteiger partial charge in [0.05, 0.1) is 4.90 Å². The summed E-state index contributed by atoms with van der Waals surface area (Å²) in [6.07, 6.45) is -10.1.